The molecule has 0 amide bonds. The van der Waals surface area contributed by atoms with E-state index in [4.69, 9.17) is 14.2 Å². The largest absolute Gasteiger partial charge is 0.497 e. The van der Waals surface area contributed by atoms with E-state index < -0.39 is 10.0 Å². The summed E-state index contributed by atoms with van der Waals surface area (Å²) in [6, 6.07) is 11.1. The first-order valence-corrected chi connectivity index (χ1v) is 15.3. The van der Waals surface area contributed by atoms with Crippen molar-refractivity contribution in [3.63, 3.8) is 0 Å². The van der Waals surface area contributed by atoms with Gasteiger partial charge in [0.05, 0.1) is 18.6 Å². The maximum Gasteiger partial charge on any atom is 0.244 e. The van der Waals surface area contributed by atoms with Crippen LogP contribution in [-0.2, 0) is 19.5 Å². The Morgan fingerprint density at radius 2 is 1.56 bits per heavy atom. The summed E-state index contributed by atoms with van der Waals surface area (Å²) in [6.07, 6.45) is 0.604. The molecule has 9 nitrogen and oxygen atoms in total. The molecule has 0 atom stereocenters. The summed E-state index contributed by atoms with van der Waals surface area (Å²) in [7, 11) is -2.26. The number of nitrogens with zero attached hydrogens (tertiary/aromatic N) is 3. The zero-order valence-corrected chi connectivity index (χ0v) is 25.5. The molecule has 0 spiro atoms. The van der Waals surface area contributed by atoms with Crippen molar-refractivity contribution in [2.75, 3.05) is 71.0 Å². The predicted octanol–water partition coefficient (Wildman–Crippen LogP) is 4.44. The van der Waals surface area contributed by atoms with E-state index in [0.717, 1.165) is 51.6 Å². The van der Waals surface area contributed by atoms with Crippen LogP contribution in [0.2, 0.25) is 0 Å². The van der Waals surface area contributed by atoms with Crippen molar-refractivity contribution in [1.82, 2.24) is 9.21 Å². The molecule has 11 heteroatoms. The van der Waals surface area contributed by atoms with Crippen molar-refractivity contribution in [2.24, 2.45) is 0 Å². The van der Waals surface area contributed by atoms with Crippen LogP contribution < -0.4 is 9.64 Å². The number of Topliss-reactive ketones (excluding diaryl/α,β-unsaturated/α-hetero) is 1. The minimum atomic E-state index is -3.72. The topological polar surface area (TPSA) is 88.6 Å². The molecule has 0 unspecified atom stereocenters. The molecule has 228 valence electrons. The van der Waals surface area contributed by atoms with E-state index >= 15 is 0 Å². The van der Waals surface area contributed by atoms with Gasteiger partial charge in [-0.25, -0.2) is 12.8 Å². The number of carbonyl (C=O) groups is 1. The zero-order chi connectivity index (χ0) is 30.4. The molecular weight excluding hydrogens is 549 g/mol. The molecule has 4 rings (SSSR count). The van der Waals surface area contributed by atoms with Gasteiger partial charge in [0.25, 0.3) is 0 Å². The molecule has 0 N–H and O–H groups in total. The number of benzene rings is 2. The summed E-state index contributed by atoms with van der Waals surface area (Å²) < 4.78 is 55.6. The van der Waals surface area contributed by atoms with Gasteiger partial charge < -0.3 is 19.1 Å². The van der Waals surface area contributed by atoms with Gasteiger partial charge in [0.1, 0.15) is 11.6 Å². The summed E-state index contributed by atoms with van der Waals surface area (Å²) >= 11 is 0. The van der Waals surface area contributed by atoms with Crippen LogP contribution in [0.15, 0.2) is 60.5 Å². The Morgan fingerprint density at radius 1 is 0.951 bits per heavy atom. The number of fused-ring (bicyclic) bond motifs is 1. The number of hydrogen-bond acceptors (Lipinski definition) is 8. The minimum Gasteiger partial charge on any atom is -0.497 e. The predicted molar refractivity (Wildman–Crippen MR) is 160 cm³/mol. The molecule has 2 aliphatic rings. The highest BCUT2D eigenvalue weighted by atomic mass is 32.2. The Bertz CT molecular complexity index is 1180. The number of halogens is 1. The number of sulfonamides is 1. The maximum atomic E-state index is 13.1. The van der Waals surface area contributed by atoms with Crippen LogP contribution in [0, 0.1) is 5.82 Å². The maximum absolute atomic E-state index is 13.1. The first-order valence-electron chi connectivity index (χ1n) is 13.9. The fraction of sp³-hybridized carbons (Fsp3) is 0.500. The van der Waals surface area contributed by atoms with Gasteiger partial charge in [-0.05, 0) is 70.1 Å². The summed E-state index contributed by atoms with van der Waals surface area (Å²) in [5.74, 6) is -0.0222. The van der Waals surface area contributed by atoms with E-state index in [-0.39, 0.29) is 34.9 Å². The molecule has 2 aromatic rings. The molecule has 0 radical (unpaired) electrons. The third-order valence-electron chi connectivity index (χ3n) is 6.68. The van der Waals surface area contributed by atoms with Gasteiger partial charge in [0, 0.05) is 63.3 Å². The van der Waals surface area contributed by atoms with Crippen LogP contribution in [0.5, 0.6) is 5.75 Å². The molecule has 0 aromatic heterocycles. The van der Waals surface area contributed by atoms with Gasteiger partial charge in [-0.2, -0.15) is 4.31 Å². The molecule has 1 saturated heterocycles. The van der Waals surface area contributed by atoms with Gasteiger partial charge in [0.15, 0.2) is 12.1 Å². The smallest absolute Gasteiger partial charge is 0.244 e. The van der Waals surface area contributed by atoms with Crippen LogP contribution >= 0.6 is 0 Å². The SMILES string of the molecule is C=C.CCOC(C)OCC.COc1ccc2c(c1)S(=O)(=O)N(CCCN1CCN(c3ccc(F)cc3)CC1)CC2=O. The van der Waals surface area contributed by atoms with E-state index in [9.17, 15) is 17.6 Å². The van der Waals surface area contributed by atoms with E-state index in [1.807, 2.05) is 20.8 Å². The highest BCUT2D eigenvalue weighted by Crippen LogP contribution is 2.30. The molecule has 0 bridgehead atoms. The van der Waals surface area contributed by atoms with Crippen molar-refractivity contribution in [2.45, 2.75) is 38.4 Å². The zero-order valence-electron chi connectivity index (χ0n) is 24.7. The number of carbonyl (C=O) groups excluding carboxylic acids is 1. The summed E-state index contributed by atoms with van der Waals surface area (Å²) in [5, 5.41) is 0. The molecule has 2 aliphatic heterocycles. The highest BCUT2D eigenvalue weighted by molar-refractivity contribution is 7.89. The lowest BCUT2D eigenvalue weighted by atomic mass is 10.1. The van der Waals surface area contributed by atoms with Gasteiger partial charge in [0.2, 0.25) is 10.0 Å². The Labute approximate surface area is 244 Å². The minimum absolute atomic E-state index is 0.0241. The van der Waals surface area contributed by atoms with Crippen molar-refractivity contribution in [3.05, 3.63) is 67.0 Å². The lowest BCUT2D eigenvalue weighted by molar-refractivity contribution is -0.123. The number of ether oxygens (including phenoxy) is 3. The van der Waals surface area contributed by atoms with Crippen LogP contribution in [-0.4, -0.2) is 95.8 Å². The first-order chi connectivity index (χ1) is 19.7. The Kier molecular flexibility index (Phi) is 14.4. The lowest BCUT2D eigenvalue weighted by Crippen LogP contribution is -2.47. The molecule has 0 aliphatic carbocycles. The van der Waals surface area contributed by atoms with Crippen LogP contribution in [0.3, 0.4) is 0 Å². The van der Waals surface area contributed by atoms with Crippen molar-refractivity contribution < 1.29 is 31.8 Å². The molecular formula is C30H44FN3O6S. The number of hydrogen-bond donors (Lipinski definition) is 0. The molecule has 1 fully saturated rings. The lowest BCUT2D eigenvalue weighted by Gasteiger charge is -2.36. The van der Waals surface area contributed by atoms with Gasteiger partial charge in [-0.1, -0.05) is 0 Å². The first kappa shape index (κ1) is 34.4. The number of rotatable bonds is 10. The van der Waals surface area contributed by atoms with Crippen molar-refractivity contribution in [3.8, 4) is 5.75 Å². The third kappa shape index (κ3) is 9.89. The van der Waals surface area contributed by atoms with Crippen molar-refractivity contribution >= 4 is 21.5 Å². The monoisotopic (exact) mass is 593 g/mol. The third-order valence-corrected chi connectivity index (χ3v) is 8.56. The second kappa shape index (κ2) is 17.2. The quantitative estimate of drug-likeness (QED) is 0.295. The number of piperazine rings is 1. The fourth-order valence-electron chi connectivity index (χ4n) is 4.61. The average Bonchev–Trinajstić information content (AvgIpc) is 2.98. The summed E-state index contributed by atoms with van der Waals surface area (Å²) in [5.41, 5.74) is 1.24. The molecule has 2 aromatic carbocycles. The Hall–Kier alpha value is -2.83. The molecule has 0 saturated carbocycles. The van der Waals surface area contributed by atoms with Crippen molar-refractivity contribution in [1.29, 1.82) is 0 Å². The van der Waals surface area contributed by atoms with E-state index in [2.05, 4.69) is 23.0 Å². The van der Waals surface area contributed by atoms with Gasteiger partial charge in [-0.3, -0.25) is 9.69 Å². The van der Waals surface area contributed by atoms with E-state index in [1.165, 1.54) is 35.7 Å². The Balaban J connectivity index is 0.000000509. The second-order valence-corrected chi connectivity index (χ2v) is 11.2. The van der Waals surface area contributed by atoms with Gasteiger partial charge in [-0.15, -0.1) is 13.2 Å². The van der Waals surface area contributed by atoms with E-state index in [0.29, 0.717) is 18.7 Å². The average molecular weight is 594 g/mol. The van der Waals surface area contributed by atoms with Gasteiger partial charge >= 0.3 is 0 Å². The molecule has 41 heavy (non-hydrogen) atoms. The summed E-state index contributed by atoms with van der Waals surface area (Å²) in [4.78, 5) is 17.0. The molecule has 2 heterocycles. The number of methoxy groups -OCH3 is 1. The van der Waals surface area contributed by atoms with E-state index in [1.54, 1.807) is 18.2 Å². The number of ketones is 1. The normalized spacial score (nSPS) is 16.7. The van der Waals surface area contributed by atoms with Crippen LogP contribution in [0.4, 0.5) is 10.1 Å². The number of anilines is 1. The second-order valence-electron chi connectivity index (χ2n) is 9.26. The van der Waals surface area contributed by atoms with Crippen LogP contribution in [0.25, 0.3) is 0 Å². The standard InChI is InChI=1S/C22H26FN3O4S.C6H14O2.C2H4/c1-30-19-7-8-20-21(27)16-26(31(28,29)22(20)15-19)10-2-9-24-11-13-25(14-12-24)18-5-3-17(23)4-6-18;1-4-7-6(3)8-5-2;1-2/h3-8,15H,2,9-14,16H2,1H3;6H,4-5H2,1-3H3;1-2H2. The highest BCUT2D eigenvalue weighted by Gasteiger charge is 2.36. The Morgan fingerprint density at radius 3 is 2.12 bits per heavy atom. The summed E-state index contributed by atoms with van der Waals surface area (Å²) in [6.45, 7) is 17.5. The van der Waals surface area contributed by atoms with Crippen LogP contribution in [0.1, 0.15) is 37.6 Å². The fourth-order valence-corrected chi connectivity index (χ4v) is 6.27.